The molecule has 1 aromatic carbocycles. The molecule has 0 fully saturated rings. The lowest BCUT2D eigenvalue weighted by Crippen LogP contribution is -2.12. The van der Waals surface area contributed by atoms with Crippen molar-refractivity contribution in [1.29, 1.82) is 0 Å². The van der Waals surface area contributed by atoms with Crippen LogP contribution >= 0.6 is 0 Å². The Labute approximate surface area is 70.8 Å². The van der Waals surface area contributed by atoms with Crippen molar-refractivity contribution in [2.45, 2.75) is 6.92 Å². The molecule has 1 aromatic rings. The van der Waals surface area contributed by atoms with Gasteiger partial charge in [-0.05, 0) is 24.6 Å². The molecule has 0 amide bonds. The lowest BCUT2D eigenvalue weighted by atomic mass is 10.2. The van der Waals surface area contributed by atoms with Gasteiger partial charge in [0.25, 0.3) is 0 Å². The van der Waals surface area contributed by atoms with Crippen LogP contribution in [0.3, 0.4) is 0 Å². The molecule has 0 aliphatic carbocycles. The molecule has 1 aliphatic heterocycles. The minimum atomic E-state index is -3.32. The minimum Gasteiger partial charge on any atom is -0.265 e. The van der Waals surface area contributed by atoms with Gasteiger partial charge < -0.3 is 0 Å². The second kappa shape index (κ2) is 2.13. The van der Waals surface area contributed by atoms with Crippen molar-refractivity contribution in [2.75, 3.05) is 9.44 Å². The molecule has 0 bridgehead atoms. The lowest BCUT2D eigenvalue weighted by Gasteiger charge is -1.95. The standard InChI is InChI=1S/C7H8N2O2S/c1-5-2-3-6-7(4-5)9-12(10,11)8-6/h2-4,8-9H,1H3. The first-order valence-electron chi connectivity index (χ1n) is 3.48. The van der Waals surface area contributed by atoms with Crippen molar-refractivity contribution in [2.24, 2.45) is 0 Å². The maximum absolute atomic E-state index is 11.0. The van der Waals surface area contributed by atoms with Gasteiger partial charge in [-0.15, -0.1) is 0 Å². The predicted molar refractivity (Wildman–Crippen MR) is 47.3 cm³/mol. The molecule has 2 rings (SSSR count). The topological polar surface area (TPSA) is 58.2 Å². The molecule has 0 unspecified atom stereocenters. The van der Waals surface area contributed by atoms with Gasteiger partial charge in [-0.3, -0.25) is 9.44 Å². The molecule has 4 nitrogen and oxygen atoms in total. The fourth-order valence-corrected chi connectivity index (χ4v) is 2.12. The van der Waals surface area contributed by atoms with Crippen molar-refractivity contribution in [3.05, 3.63) is 23.8 Å². The first kappa shape index (κ1) is 7.42. The van der Waals surface area contributed by atoms with Gasteiger partial charge in [0.1, 0.15) is 0 Å². The van der Waals surface area contributed by atoms with Crippen LogP contribution in [0.4, 0.5) is 11.4 Å². The van der Waals surface area contributed by atoms with Gasteiger partial charge in [-0.2, -0.15) is 8.42 Å². The fourth-order valence-electron chi connectivity index (χ4n) is 1.15. The van der Waals surface area contributed by atoms with Crippen LogP contribution in [0.15, 0.2) is 18.2 Å². The highest BCUT2D eigenvalue weighted by molar-refractivity contribution is 7.94. The third-order valence-electron chi connectivity index (χ3n) is 1.66. The summed E-state index contributed by atoms with van der Waals surface area (Å²) in [4.78, 5) is 0. The summed E-state index contributed by atoms with van der Waals surface area (Å²) in [6.07, 6.45) is 0. The van der Waals surface area contributed by atoms with Gasteiger partial charge >= 0.3 is 10.2 Å². The van der Waals surface area contributed by atoms with E-state index in [2.05, 4.69) is 9.44 Å². The first-order valence-corrected chi connectivity index (χ1v) is 4.96. The van der Waals surface area contributed by atoms with Crippen LogP contribution < -0.4 is 9.44 Å². The maximum Gasteiger partial charge on any atom is 0.321 e. The van der Waals surface area contributed by atoms with E-state index in [0.717, 1.165) is 5.56 Å². The Bertz CT molecular complexity index is 425. The van der Waals surface area contributed by atoms with Crippen LogP contribution in [-0.2, 0) is 10.2 Å². The van der Waals surface area contributed by atoms with E-state index in [-0.39, 0.29) is 0 Å². The lowest BCUT2D eigenvalue weighted by molar-refractivity contribution is 0.607. The van der Waals surface area contributed by atoms with Crippen LogP contribution in [0.5, 0.6) is 0 Å². The Morgan fingerprint density at radius 1 is 1.17 bits per heavy atom. The minimum absolute atomic E-state index is 0.612. The van der Waals surface area contributed by atoms with Gasteiger partial charge in [0, 0.05) is 0 Å². The van der Waals surface area contributed by atoms with Crippen LogP contribution in [-0.4, -0.2) is 8.42 Å². The number of fused-ring (bicyclic) bond motifs is 1. The van der Waals surface area contributed by atoms with Crippen LogP contribution in [0, 0.1) is 6.92 Å². The summed E-state index contributed by atoms with van der Waals surface area (Å²) in [5.74, 6) is 0. The number of anilines is 2. The van der Waals surface area contributed by atoms with Gasteiger partial charge in [0.2, 0.25) is 0 Å². The number of nitrogens with one attached hydrogen (secondary N) is 2. The molecule has 0 saturated heterocycles. The molecule has 0 aromatic heterocycles. The summed E-state index contributed by atoms with van der Waals surface area (Å²) in [5.41, 5.74) is 2.26. The Morgan fingerprint density at radius 2 is 1.83 bits per heavy atom. The van der Waals surface area contributed by atoms with Gasteiger partial charge in [-0.1, -0.05) is 6.07 Å². The van der Waals surface area contributed by atoms with Crippen molar-refractivity contribution < 1.29 is 8.42 Å². The van der Waals surface area contributed by atoms with E-state index >= 15 is 0 Å². The smallest absolute Gasteiger partial charge is 0.265 e. The molecule has 64 valence electrons. The quantitative estimate of drug-likeness (QED) is 0.633. The predicted octanol–water partition coefficient (Wildman–Crippen LogP) is 1.08. The summed E-state index contributed by atoms with van der Waals surface area (Å²) in [6, 6.07) is 5.38. The average molecular weight is 184 g/mol. The summed E-state index contributed by atoms with van der Waals surface area (Å²) in [7, 11) is -3.32. The van der Waals surface area contributed by atoms with E-state index in [1.165, 1.54) is 0 Å². The first-order chi connectivity index (χ1) is 5.57. The number of hydrogen-bond donors (Lipinski definition) is 2. The highest BCUT2D eigenvalue weighted by atomic mass is 32.2. The molecule has 0 atom stereocenters. The second-order valence-electron chi connectivity index (χ2n) is 2.76. The zero-order valence-electron chi connectivity index (χ0n) is 6.46. The second-order valence-corrected chi connectivity index (χ2v) is 4.17. The SMILES string of the molecule is Cc1ccc2c(c1)NS(=O)(=O)N2. The molecule has 0 radical (unpaired) electrons. The van der Waals surface area contributed by atoms with Gasteiger partial charge in [0.05, 0.1) is 11.4 Å². The zero-order valence-corrected chi connectivity index (χ0v) is 7.27. The van der Waals surface area contributed by atoms with E-state index < -0.39 is 10.2 Å². The fraction of sp³-hybridized carbons (Fsp3) is 0.143. The van der Waals surface area contributed by atoms with E-state index in [9.17, 15) is 8.42 Å². The van der Waals surface area contributed by atoms with Gasteiger partial charge in [0.15, 0.2) is 0 Å². The largest absolute Gasteiger partial charge is 0.321 e. The molecule has 2 N–H and O–H groups in total. The molecule has 0 saturated carbocycles. The van der Waals surface area contributed by atoms with E-state index in [4.69, 9.17) is 0 Å². The van der Waals surface area contributed by atoms with Crippen molar-refractivity contribution >= 4 is 21.6 Å². The Balaban J connectivity index is 2.56. The third-order valence-corrected chi connectivity index (χ3v) is 2.64. The zero-order chi connectivity index (χ0) is 8.77. The van der Waals surface area contributed by atoms with E-state index in [0.29, 0.717) is 11.4 Å². The highest BCUT2D eigenvalue weighted by Gasteiger charge is 2.21. The number of hydrogen-bond acceptors (Lipinski definition) is 2. The Kier molecular flexibility index (Phi) is 1.32. The normalized spacial score (nSPS) is 17.8. The van der Waals surface area contributed by atoms with E-state index in [1.807, 2.05) is 13.0 Å². The van der Waals surface area contributed by atoms with Gasteiger partial charge in [-0.25, -0.2) is 0 Å². The molecule has 1 aliphatic rings. The molecule has 0 spiro atoms. The summed E-state index contributed by atoms with van der Waals surface area (Å²) in [5, 5.41) is 0. The third kappa shape index (κ3) is 1.12. The Morgan fingerprint density at radius 3 is 2.58 bits per heavy atom. The number of rotatable bonds is 0. The molecule has 12 heavy (non-hydrogen) atoms. The van der Waals surface area contributed by atoms with Crippen LogP contribution in [0.2, 0.25) is 0 Å². The monoisotopic (exact) mass is 184 g/mol. The van der Waals surface area contributed by atoms with Crippen molar-refractivity contribution in [3.8, 4) is 0 Å². The molecular formula is C7H8N2O2S. The van der Waals surface area contributed by atoms with Crippen LogP contribution in [0.25, 0.3) is 0 Å². The Hall–Kier alpha value is -1.23. The molecule has 1 heterocycles. The summed E-state index contributed by atoms with van der Waals surface area (Å²) in [6.45, 7) is 1.91. The molecular weight excluding hydrogens is 176 g/mol. The number of benzene rings is 1. The maximum atomic E-state index is 11.0. The molecule has 5 heteroatoms. The van der Waals surface area contributed by atoms with E-state index in [1.54, 1.807) is 12.1 Å². The number of aryl methyl sites for hydroxylation is 1. The highest BCUT2D eigenvalue weighted by Crippen LogP contribution is 2.29. The summed E-state index contributed by atoms with van der Waals surface area (Å²) >= 11 is 0. The van der Waals surface area contributed by atoms with Crippen molar-refractivity contribution in [1.82, 2.24) is 0 Å². The summed E-state index contributed by atoms with van der Waals surface area (Å²) < 4.78 is 26.7. The van der Waals surface area contributed by atoms with Crippen LogP contribution in [0.1, 0.15) is 5.56 Å². The van der Waals surface area contributed by atoms with Crippen molar-refractivity contribution in [3.63, 3.8) is 0 Å². The average Bonchev–Trinajstić information content (AvgIpc) is 2.21.